The second kappa shape index (κ2) is 5.48. The van der Waals surface area contributed by atoms with Crippen LogP contribution in [0.4, 0.5) is 4.39 Å². The minimum Gasteiger partial charge on any atom is -0.481 e. The van der Waals surface area contributed by atoms with Crippen molar-refractivity contribution in [2.45, 2.75) is 32.4 Å². The molecule has 0 amide bonds. The van der Waals surface area contributed by atoms with Gasteiger partial charge >= 0.3 is 5.97 Å². The fraction of sp³-hybridized carbons (Fsp3) is 0.500. The average Bonchev–Trinajstić information content (AvgIpc) is 2.34. The van der Waals surface area contributed by atoms with Crippen molar-refractivity contribution in [1.82, 2.24) is 4.90 Å². The lowest BCUT2D eigenvalue weighted by Gasteiger charge is -2.36. The Morgan fingerprint density at radius 1 is 1.39 bits per heavy atom. The minimum atomic E-state index is -0.717. The van der Waals surface area contributed by atoms with Gasteiger partial charge in [-0.05, 0) is 37.5 Å². The van der Waals surface area contributed by atoms with Gasteiger partial charge in [-0.3, -0.25) is 9.69 Å². The zero-order valence-electron chi connectivity index (χ0n) is 10.5. The molecule has 0 radical (unpaired) electrons. The van der Waals surface area contributed by atoms with Crippen LogP contribution in [0.25, 0.3) is 0 Å². The predicted octanol–water partition coefficient (Wildman–Crippen LogP) is 2.51. The molecule has 0 bridgehead atoms. The van der Waals surface area contributed by atoms with E-state index in [-0.39, 0.29) is 11.7 Å². The first-order valence-corrected chi connectivity index (χ1v) is 6.27. The summed E-state index contributed by atoms with van der Waals surface area (Å²) in [5.41, 5.74) is 1.02. The molecule has 2 rings (SSSR count). The molecule has 1 aliphatic heterocycles. The molecule has 1 N–H and O–H groups in total. The van der Waals surface area contributed by atoms with E-state index in [2.05, 4.69) is 11.8 Å². The lowest BCUT2D eigenvalue weighted by Crippen LogP contribution is -2.43. The maximum Gasteiger partial charge on any atom is 0.307 e. The number of piperidine rings is 1. The van der Waals surface area contributed by atoms with Gasteiger partial charge in [-0.15, -0.1) is 0 Å². The largest absolute Gasteiger partial charge is 0.481 e. The van der Waals surface area contributed by atoms with Crippen LogP contribution in [0.5, 0.6) is 0 Å². The summed E-state index contributed by atoms with van der Waals surface area (Å²) in [4.78, 5) is 13.2. The second-order valence-corrected chi connectivity index (χ2v) is 5.02. The summed E-state index contributed by atoms with van der Waals surface area (Å²) in [5, 5.41) is 9.07. The maximum atomic E-state index is 12.8. The molecule has 0 aliphatic carbocycles. The molecular weight excluding hydrogens is 233 g/mol. The number of carbonyl (C=O) groups is 1. The third-order valence-electron chi connectivity index (χ3n) is 3.66. The highest BCUT2D eigenvalue weighted by atomic mass is 19.1. The van der Waals surface area contributed by atoms with Crippen molar-refractivity contribution in [2.24, 2.45) is 5.92 Å². The summed E-state index contributed by atoms with van der Waals surface area (Å²) in [6.07, 6.45) is 1.65. The van der Waals surface area contributed by atoms with E-state index in [0.717, 1.165) is 18.4 Å². The number of nitrogens with zero attached hydrogens (tertiary/aromatic N) is 1. The molecule has 0 saturated carbocycles. The Morgan fingerprint density at radius 2 is 2.06 bits per heavy atom. The molecule has 4 heteroatoms. The van der Waals surface area contributed by atoms with E-state index in [1.807, 2.05) is 0 Å². The van der Waals surface area contributed by atoms with E-state index in [9.17, 15) is 9.18 Å². The van der Waals surface area contributed by atoms with Gasteiger partial charge in [-0.1, -0.05) is 12.1 Å². The average molecular weight is 251 g/mol. The van der Waals surface area contributed by atoms with Gasteiger partial charge in [0.15, 0.2) is 0 Å². The van der Waals surface area contributed by atoms with E-state index >= 15 is 0 Å². The predicted molar refractivity (Wildman–Crippen MR) is 66.6 cm³/mol. The number of carboxylic acid groups (broad SMARTS) is 1. The van der Waals surface area contributed by atoms with Crippen LogP contribution in [0.1, 0.15) is 25.3 Å². The lowest BCUT2D eigenvalue weighted by atomic mass is 9.93. The van der Waals surface area contributed by atoms with Crippen molar-refractivity contribution in [1.29, 1.82) is 0 Å². The Hall–Kier alpha value is -1.42. The molecule has 1 aliphatic rings. The van der Waals surface area contributed by atoms with Gasteiger partial charge in [0.25, 0.3) is 0 Å². The van der Waals surface area contributed by atoms with E-state index in [0.29, 0.717) is 19.1 Å². The van der Waals surface area contributed by atoms with Crippen LogP contribution < -0.4 is 0 Å². The Bertz CT molecular complexity index is 418. The van der Waals surface area contributed by atoms with Gasteiger partial charge in [-0.2, -0.15) is 0 Å². The van der Waals surface area contributed by atoms with Crippen LogP contribution in [-0.4, -0.2) is 28.6 Å². The molecular formula is C14H18FNO2. The molecule has 18 heavy (non-hydrogen) atoms. The Balaban J connectivity index is 2.02. The van der Waals surface area contributed by atoms with Crippen molar-refractivity contribution < 1.29 is 14.3 Å². The zero-order chi connectivity index (χ0) is 13.1. The molecule has 1 fully saturated rings. The monoisotopic (exact) mass is 251 g/mol. The zero-order valence-corrected chi connectivity index (χ0v) is 10.5. The van der Waals surface area contributed by atoms with Crippen molar-refractivity contribution in [3.05, 3.63) is 35.6 Å². The third-order valence-corrected chi connectivity index (χ3v) is 3.66. The molecule has 0 aromatic heterocycles. The smallest absolute Gasteiger partial charge is 0.307 e. The van der Waals surface area contributed by atoms with Crippen molar-refractivity contribution in [3.63, 3.8) is 0 Å². The number of hydrogen-bond acceptors (Lipinski definition) is 2. The fourth-order valence-electron chi connectivity index (χ4n) is 2.43. The summed E-state index contributed by atoms with van der Waals surface area (Å²) >= 11 is 0. The minimum absolute atomic E-state index is 0.242. The van der Waals surface area contributed by atoms with Gasteiger partial charge in [-0.25, -0.2) is 4.39 Å². The summed E-state index contributed by atoms with van der Waals surface area (Å²) < 4.78 is 12.8. The topological polar surface area (TPSA) is 40.5 Å². The van der Waals surface area contributed by atoms with Crippen LogP contribution in [-0.2, 0) is 11.3 Å². The fourth-order valence-corrected chi connectivity index (χ4v) is 2.43. The molecule has 2 unspecified atom stereocenters. The van der Waals surface area contributed by atoms with Gasteiger partial charge in [0.2, 0.25) is 0 Å². The molecule has 2 atom stereocenters. The molecule has 0 spiro atoms. The summed E-state index contributed by atoms with van der Waals surface area (Å²) in [6.45, 7) is 3.38. The Kier molecular flexibility index (Phi) is 3.97. The van der Waals surface area contributed by atoms with Gasteiger partial charge < -0.3 is 5.11 Å². The van der Waals surface area contributed by atoms with E-state index < -0.39 is 5.97 Å². The number of aliphatic carboxylic acids is 1. The number of halogens is 1. The highest BCUT2D eigenvalue weighted by Gasteiger charge is 2.29. The molecule has 1 aromatic rings. The Morgan fingerprint density at radius 3 is 2.67 bits per heavy atom. The number of hydrogen-bond donors (Lipinski definition) is 1. The maximum absolute atomic E-state index is 12.8. The summed E-state index contributed by atoms with van der Waals surface area (Å²) in [5.74, 6) is -1.23. The standard InChI is InChI=1S/C14H18FNO2/c1-10-2-5-12(14(17)18)9-16(10)8-11-3-6-13(15)7-4-11/h3-4,6-7,10,12H,2,5,8-9H2,1H3,(H,17,18). The first kappa shape index (κ1) is 13.0. The van der Waals surface area contributed by atoms with E-state index in [1.165, 1.54) is 12.1 Å². The van der Waals surface area contributed by atoms with E-state index in [1.54, 1.807) is 12.1 Å². The van der Waals surface area contributed by atoms with Crippen molar-refractivity contribution in [2.75, 3.05) is 6.54 Å². The number of benzene rings is 1. The van der Waals surface area contributed by atoms with Crippen LogP contribution in [0, 0.1) is 11.7 Å². The van der Waals surface area contributed by atoms with Gasteiger partial charge in [0.05, 0.1) is 5.92 Å². The lowest BCUT2D eigenvalue weighted by molar-refractivity contribution is -0.144. The second-order valence-electron chi connectivity index (χ2n) is 5.02. The van der Waals surface area contributed by atoms with Crippen LogP contribution >= 0.6 is 0 Å². The molecule has 3 nitrogen and oxygen atoms in total. The molecule has 98 valence electrons. The van der Waals surface area contributed by atoms with Gasteiger partial charge in [0, 0.05) is 19.1 Å². The van der Waals surface area contributed by atoms with Crippen molar-refractivity contribution >= 4 is 5.97 Å². The number of rotatable bonds is 3. The molecule has 1 saturated heterocycles. The van der Waals surface area contributed by atoms with Crippen LogP contribution in [0.2, 0.25) is 0 Å². The van der Waals surface area contributed by atoms with Crippen LogP contribution in [0.3, 0.4) is 0 Å². The van der Waals surface area contributed by atoms with Crippen molar-refractivity contribution in [3.8, 4) is 0 Å². The highest BCUT2D eigenvalue weighted by Crippen LogP contribution is 2.23. The SMILES string of the molecule is CC1CCC(C(=O)O)CN1Cc1ccc(F)cc1. The molecule has 1 aromatic carbocycles. The molecule has 1 heterocycles. The van der Waals surface area contributed by atoms with Gasteiger partial charge in [0.1, 0.15) is 5.82 Å². The van der Waals surface area contributed by atoms with Crippen LogP contribution in [0.15, 0.2) is 24.3 Å². The third kappa shape index (κ3) is 3.07. The number of likely N-dealkylation sites (tertiary alicyclic amines) is 1. The normalized spacial score (nSPS) is 25.0. The first-order chi connectivity index (χ1) is 8.56. The summed E-state index contributed by atoms with van der Waals surface area (Å²) in [6, 6.07) is 6.78. The highest BCUT2D eigenvalue weighted by molar-refractivity contribution is 5.70. The summed E-state index contributed by atoms with van der Waals surface area (Å²) in [7, 11) is 0. The quantitative estimate of drug-likeness (QED) is 0.897. The van der Waals surface area contributed by atoms with E-state index in [4.69, 9.17) is 5.11 Å². The first-order valence-electron chi connectivity index (χ1n) is 6.27. The Labute approximate surface area is 106 Å². The number of carboxylic acids is 1.